The number of rotatable bonds is 4. The molecule has 5 amide bonds. The number of aromatic nitrogens is 1. The molecule has 41 heavy (non-hydrogen) atoms. The van der Waals surface area contributed by atoms with Crippen molar-refractivity contribution in [2.24, 2.45) is 5.92 Å². The van der Waals surface area contributed by atoms with Crippen molar-refractivity contribution in [2.75, 3.05) is 33.2 Å². The SMILES string of the molecule is Cc1cc(C(=O)N2C[C@@H]3CNC(=O)[C@H](C(C)C)NC(=O)CN(C)C(=O)[C@@H](Cc4ccccc4)NC(=O)[C@@H](C2)O3)no1. The summed E-state index contributed by atoms with van der Waals surface area (Å²) >= 11 is 0. The summed E-state index contributed by atoms with van der Waals surface area (Å²) < 4.78 is 11.1. The molecule has 1 aromatic heterocycles. The van der Waals surface area contributed by atoms with Gasteiger partial charge < -0.3 is 35.0 Å². The van der Waals surface area contributed by atoms with Gasteiger partial charge >= 0.3 is 0 Å². The number of hydrogen-bond donors (Lipinski definition) is 3. The number of nitrogens with zero attached hydrogens (tertiary/aromatic N) is 3. The van der Waals surface area contributed by atoms with Crippen molar-refractivity contribution in [3.63, 3.8) is 0 Å². The zero-order chi connectivity index (χ0) is 29.7. The number of carbonyl (C=O) groups is 5. The Hall–Kier alpha value is -4.26. The highest BCUT2D eigenvalue weighted by atomic mass is 16.5. The van der Waals surface area contributed by atoms with Crippen LogP contribution in [-0.2, 0) is 30.3 Å². The first kappa shape index (κ1) is 29.7. The summed E-state index contributed by atoms with van der Waals surface area (Å²) in [5.41, 5.74) is 0.885. The van der Waals surface area contributed by atoms with E-state index in [1.54, 1.807) is 20.8 Å². The number of carbonyl (C=O) groups excluding carboxylic acids is 5. The van der Waals surface area contributed by atoms with Gasteiger partial charge in [0.1, 0.15) is 17.8 Å². The number of aryl methyl sites for hydroxylation is 1. The van der Waals surface area contributed by atoms with Gasteiger partial charge in [0, 0.05) is 32.6 Å². The molecule has 2 aliphatic rings. The molecule has 4 rings (SSSR count). The highest BCUT2D eigenvalue weighted by Crippen LogP contribution is 2.17. The first-order chi connectivity index (χ1) is 19.5. The summed E-state index contributed by atoms with van der Waals surface area (Å²) in [5, 5.41) is 12.1. The van der Waals surface area contributed by atoms with Crippen LogP contribution in [0.4, 0.5) is 0 Å². The first-order valence-electron chi connectivity index (χ1n) is 13.6. The molecule has 220 valence electrons. The van der Waals surface area contributed by atoms with Crippen molar-refractivity contribution in [1.29, 1.82) is 0 Å². The van der Waals surface area contributed by atoms with Gasteiger partial charge in [0.05, 0.1) is 19.2 Å². The highest BCUT2D eigenvalue weighted by molar-refractivity contribution is 5.95. The normalized spacial score (nSPS) is 24.7. The van der Waals surface area contributed by atoms with Crippen molar-refractivity contribution in [3.05, 3.63) is 53.4 Å². The third kappa shape index (κ3) is 7.48. The van der Waals surface area contributed by atoms with E-state index < -0.39 is 53.8 Å². The van der Waals surface area contributed by atoms with E-state index >= 15 is 0 Å². The minimum absolute atomic E-state index is 0.0182. The molecule has 0 radical (unpaired) electrons. The fraction of sp³-hybridized carbons (Fsp3) is 0.500. The van der Waals surface area contributed by atoms with E-state index in [0.29, 0.717) is 5.76 Å². The van der Waals surface area contributed by atoms with Crippen molar-refractivity contribution >= 4 is 29.5 Å². The van der Waals surface area contributed by atoms with Crippen LogP contribution in [0.1, 0.15) is 35.7 Å². The zero-order valence-electron chi connectivity index (χ0n) is 23.6. The molecule has 3 heterocycles. The number of nitrogens with one attached hydrogen (secondary N) is 3. The van der Waals surface area contributed by atoms with Crippen LogP contribution in [0.25, 0.3) is 0 Å². The van der Waals surface area contributed by atoms with Gasteiger partial charge in [-0.2, -0.15) is 0 Å². The molecular formula is C28H36N6O7. The lowest BCUT2D eigenvalue weighted by atomic mass is 10.0. The van der Waals surface area contributed by atoms with E-state index in [0.717, 1.165) is 5.56 Å². The van der Waals surface area contributed by atoms with Gasteiger partial charge in [0.2, 0.25) is 17.7 Å². The van der Waals surface area contributed by atoms with Crippen LogP contribution in [0.2, 0.25) is 0 Å². The van der Waals surface area contributed by atoms with E-state index in [2.05, 4.69) is 21.1 Å². The maximum Gasteiger partial charge on any atom is 0.276 e. The fourth-order valence-electron chi connectivity index (χ4n) is 4.84. The van der Waals surface area contributed by atoms with Gasteiger partial charge in [-0.15, -0.1) is 0 Å². The van der Waals surface area contributed by atoms with Crippen molar-refractivity contribution in [1.82, 2.24) is 30.9 Å². The van der Waals surface area contributed by atoms with Crippen LogP contribution in [0.3, 0.4) is 0 Å². The standard InChI is InChI=1S/C28H36N6O7/c1-16(2)24-26(37)29-12-19-13-34(28(39)21-10-17(3)41-32-21)14-22(40-19)25(36)30-20(11-18-8-6-5-7-9-18)27(38)33(4)15-23(35)31-24/h5-10,16,19-20,22,24H,11-15H2,1-4H3,(H,29,37)(H,30,36)(H,31,35)/t19-,20+,22+,24-/m0/s1. The van der Waals surface area contributed by atoms with Gasteiger partial charge in [0.25, 0.3) is 11.8 Å². The molecule has 0 saturated carbocycles. The summed E-state index contributed by atoms with van der Waals surface area (Å²) in [5.74, 6) is -2.30. The van der Waals surface area contributed by atoms with Gasteiger partial charge in [0.15, 0.2) is 11.8 Å². The number of hydrogen-bond acceptors (Lipinski definition) is 8. The quantitative estimate of drug-likeness (QED) is 0.451. The van der Waals surface area contributed by atoms with Crippen LogP contribution in [0, 0.1) is 12.8 Å². The van der Waals surface area contributed by atoms with Crippen LogP contribution < -0.4 is 16.0 Å². The molecule has 2 aliphatic heterocycles. The molecule has 2 saturated heterocycles. The Balaban J connectivity index is 1.65. The zero-order valence-corrected chi connectivity index (χ0v) is 23.6. The third-order valence-electron chi connectivity index (χ3n) is 7.02. The maximum atomic E-state index is 13.5. The Labute approximate surface area is 237 Å². The minimum Gasteiger partial charge on any atom is -0.361 e. The molecule has 2 aromatic rings. The molecular weight excluding hydrogens is 532 g/mol. The monoisotopic (exact) mass is 568 g/mol. The van der Waals surface area contributed by atoms with Crippen LogP contribution in [0.5, 0.6) is 0 Å². The number of morpholine rings is 1. The predicted molar refractivity (Wildman–Crippen MR) is 145 cm³/mol. The smallest absolute Gasteiger partial charge is 0.276 e. The molecule has 2 bridgehead atoms. The summed E-state index contributed by atoms with van der Waals surface area (Å²) in [6, 6.07) is 8.77. The topological polar surface area (TPSA) is 163 Å². The molecule has 2 fully saturated rings. The number of likely N-dealkylation sites (N-methyl/N-ethyl adjacent to an activating group) is 1. The summed E-state index contributed by atoms with van der Waals surface area (Å²) in [4.78, 5) is 68.8. The van der Waals surface area contributed by atoms with E-state index in [1.165, 1.54) is 22.9 Å². The minimum atomic E-state index is -1.13. The number of amides is 5. The molecule has 13 heteroatoms. The lowest BCUT2D eigenvalue weighted by Crippen LogP contribution is -2.59. The Bertz CT molecular complexity index is 1280. The van der Waals surface area contributed by atoms with Crippen molar-refractivity contribution < 1.29 is 33.2 Å². The average molecular weight is 569 g/mol. The summed E-state index contributed by atoms with van der Waals surface area (Å²) in [7, 11) is 1.46. The second kappa shape index (κ2) is 12.9. The second-order valence-electron chi connectivity index (χ2n) is 10.8. The Morgan fingerprint density at radius 2 is 1.80 bits per heavy atom. The van der Waals surface area contributed by atoms with E-state index in [4.69, 9.17) is 9.26 Å². The van der Waals surface area contributed by atoms with Crippen LogP contribution >= 0.6 is 0 Å². The molecule has 4 atom stereocenters. The molecule has 0 aliphatic carbocycles. The fourth-order valence-corrected chi connectivity index (χ4v) is 4.84. The summed E-state index contributed by atoms with van der Waals surface area (Å²) in [6.07, 6.45) is -1.71. The molecule has 0 unspecified atom stereocenters. The Kier molecular flexibility index (Phi) is 9.38. The lowest BCUT2D eigenvalue weighted by Gasteiger charge is -2.37. The largest absolute Gasteiger partial charge is 0.361 e. The first-order valence-corrected chi connectivity index (χ1v) is 13.6. The highest BCUT2D eigenvalue weighted by Gasteiger charge is 2.38. The van der Waals surface area contributed by atoms with Gasteiger partial charge in [-0.05, 0) is 18.4 Å². The van der Waals surface area contributed by atoms with Gasteiger partial charge in [-0.3, -0.25) is 24.0 Å². The predicted octanol–water partition coefficient (Wildman–Crippen LogP) is -0.351. The third-order valence-corrected chi connectivity index (χ3v) is 7.02. The Morgan fingerprint density at radius 3 is 2.46 bits per heavy atom. The Morgan fingerprint density at radius 1 is 1.07 bits per heavy atom. The van der Waals surface area contributed by atoms with E-state index in [9.17, 15) is 24.0 Å². The van der Waals surface area contributed by atoms with E-state index in [-0.39, 0.29) is 44.2 Å². The van der Waals surface area contributed by atoms with Gasteiger partial charge in [-0.1, -0.05) is 49.3 Å². The summed E-state index contributed by atoms with van der Waals surface area (Å²) in [6.45, 7) is 4.89. The van der Waals surface area contributed by atoms with Crippen molar-refractivity contribution in [2.45, 2.75) is 51.5 Å². The number of ether oxygens (including phenoxy) is 1. The number of benzene rings is 1. The lowest BCUT2D eigenvalue weighted by molar-refractivity contribution is -0.148. The maximum absolute atomic E-state index is 13.5. The molecule has 0 spiro atoms. The molecule has 1 aromatic carbocycles. The van der Waals surface area contributed by atoms with Crippen LogP contribution in [-0.4, -0.2) is 102 Å². The van der Waals surface area contributed by atoms with Gasteiger partial charge in [-0.25, -0.2) is 0 Å². The van der Waals surface area contributed by atoms with E-state index in [1.807, 2.05) is 30.3 Å². The molecule has 3 N–H and O–H groups in total. The number of fused-ring (bicyclic) bond motifs is 2. The second-order valence-corrected chi connectivity index (χ2v) is 10.8. The average Bonchev–Trinajstić information content (AvgIpc) is 3.39. The molecule has 13 nitrogen and oxygen atoms in total. The van der Waals surface area contributed by atoms with Crippen molar-refractivity contribution in [3.8, 4) is 0 Å². The van der Waals surface area contributed by atoms with Crippen LogP contribution in [0.15, 0.2) is 40.9 Å².